The summed E-state index contributed by atoms with van der Waals surface area (Å²) < 4.78 is 13.2. The summed E-state index contributed by atoms with van der Waals surface area (Å²) in [6.07, 6.45) is 5.41. The number of carbonyl (C=O) groups is 2. The van der Waals surface area contributed by atoms with Gasteiger partial charge in [-0.15, -0.1) is 0 Å². The normalized spacial score (nSPS) is 20.7. The number of unbranched alkanes of at least 4 members (excludes halogenated alkanes) is 1. The number of rotatable bonds is 13. The summed E-state index contributed by atoms with van der Waals surface area (Å²) in [5.41, 5.74) is 6.00. The number of nitrogens with zero attached hydrogens (tertiary/aromatic N) is 1. The Morgan fingerprint density at radius 2 is 1.55 bits per heavy atom. The summed E-state index contributed by atoms with van der Waals surface area (Å²) in [5.74, 6) is -0.910. The monoisotopic (exact) mass is 600 g/mol. The van der Waals surface area contributed by atoms with Gasteiger partial charge in [0.1, 0.15) is 0 Å². The first kappa shape index (κ1) is 31.9. The molecule has 3 N–H and O–H groups in total. The number of amides is 1. The average Bonchev–Trinajstić information content (AvgIpc) is 3.06. The van der Waals surface area contributed by atoms with Crippen LogP contribution in [0.1, 0.15) is 86.0 Å². The second kappa shape index (κ2) is 16.0. The summed E-state index contributed by atoms with van der Waals surface area (Å²) in [5, 5.41) is 21.2. The van der Waals surface area contributed by atoms with Crippen LogP contribution in [0.4, 0.5) is 0 Å². The molecule has 8 nitrogen and oxygen atoms in total. The SMILES string of the molecule is O=C(O)CCCCC(=O)NCc1cccc(-c2cccc(C3OC(CN4CCCCC4)CC(c4ccc(CO)cc4)O3)c2)c1. The van der Waals surface area contributed by atoms with E-state index in [9.17, 15) is 14.7 Å². The zero-order chi connectivity index (χ0) is 30.7. The van der Waals surface area contributed by atoms with Crippen molar-refractivity contribution < 1.29 is 29.3 Å². The fraction of sp³-hybridized carbons (Fsp3) is 0.444. The molecule has 0 radical (unpaired) electrons. The first-order valence-corrected chi connectivity index (χ1v) is 15.9. The van der Waals surface area contributed by atoms with Crippen molar-refractivity contribution >= 4 is 11.9 Å². The van der Waals surface area contributed by atoms with Gasteiger partial charge in [-0.3, -0.25) is 9.59 Å². The van der Waals surface area contributed by atoms with Crippen LogP contribution in [0, 0.1) is 0 Å². The van der Waals surface area contributed by atoms with Crippen molar-refractivity contribution in [1.29, 1.82) is 0 Å². The molecule has 1 amide bonds. The molecule has 3 aromatic carbocycles. The number of hydrogen-bond acceptors (Lipinski definition) is 6. The fourth-order valence-electron chi connectivity index (χ4n) is 6.04. The molecular formula is C36H44N2O6. The van der Waals surface area contributed by atoms with E-state index in [1.807, 2.05) is 42.5 Å². The van der Waals surface area contributed by atoms with Crippen LogP contribution < -0.4 is 5.32 Å². The van der Waals surface area contributed by atoms with Crippen LogP contribution in [0.2, 0.25) is 0 Å². The van der Waals surface area contributed by atoms with Crippen LogP contribution in [0.3, 0.4) is 0 Å². The Hall–Kier alpha value is -3.56. The van der Waals surface area contributed by atoms with Gasteiger partial charge in [-0.25, -0.2) is 0 Å². The van der Waals surface area contributed by atoms with E-state index in [1.54, 1.807) is 0 Å². The molecule has 0 aliphatic carbocycles. The van der Waals surface area contributed by atoms with Gasteiger partial charge >= 0.3 is 5.97 Å². The van der Waals surface area contributed by atoms with Crippen molar-refractivity contribution in [2.45, 2.75) is 83.0 Å². The molecule has 0 bridgehead atoms. The van der Waals surface area contributed by atoms with Crippen LogP contribution in [0.5, 0.6) is 0 Å². The third kappa shape index (κ3) is 9.22. The highest BCUT2D eigenvalue weighted by Crippen LogP contribution is 2.39. The van der Waals surface area contributed by atoms with E-state index in [0.29, 0.717) is 25.8 Å². The van der Waals surface area contributed by atoms with Gasteiger partial charge in [0.05, 0.1) is 18.8 Å². The van der Waals surface area contributed by atoms with Crippen molar-refractivity contribution in [2.75, 3.05) is 19.6 Å². The number of carboxylic acid groups (broad SMARTS) is 1. The summed E-state index contributed by atoms with van der Waals surface area (Å²) in [7, 11) is 0. The lowest BCUT2D eigenvalue weighted by Gasteiger charge is -2.39. The van der Waals surface area contributed by atoms with Crippen LogP contribution in [0.25, 0.3) is 11.1 Å². The second-order valence-corrected chi connectivity index (χ2v) is 11.9. The molecule has 5 rings (SSSR count). The van der Waals surface area contributed by atoms with Crippen LogP contribution >= 0.6 is 0 Å². The number of aliphatic hydroxyl groups excluding tert-OH is 1. The quantitative estimate of drug-likeness (QED) is 0.202. The third-order valence-electron chi connectivity index (χ3n) is 8.48. The molecule has 44 heavy (non-hydrogen) atoms. The summed E-state index contributed by atoms with van der Waals surface area (Å²) in [4.78, 5) is 25.4. The van der Waals surface area contributed by atoms with Gasteiger partial charge in [-0.05, 0) is 78.7 Å². The Morgan fingerprint density at radius 3 is 2.30 bits per heavy atom. The second-order valence-electron chi connectivity index (χ2n) is 11.9. The summed E-state index contributed by atoms with van der Waals surface area (Å²) >= 11 is 0. The lowest BCUT2D eigenvalue weighted by Crippen LogP contribution is -2.41. The van der Waals surface area contributed by atoms with E-state index < -0.39 is 12.3 Å². The number of likely N-dealkylation sites (tertiary alicyclic amines) is 1. The van der Waals surface area contributed by atoms with Crippen molar-refractivity contribution in [3.63, 3.8) is 0 Å². The highest BCUT2D eigenvalue weighted by molar-refractivity contribution is 5.76. The molecule has 0 spiro atoms. The smallest absolute Gasteiger partial charge is 0.303 e. The number of benzene rings is 3. The van der Waals surface area contributed by atoms with Crippen LogP contribution in [-0.4, -0.2) is 52.7 Å². The molecule has 2 fully saturated rings. The minimum absolute atomic E-state index is 0.0179. The number of aliphatic hydroxyl groups is 1. The number of nitrogens with one attached hydrogen (secondary N) is 1. The Bertz CT molecular complexity index is 1370. The predicted molar refractivity (Wildman–Crippen MR) is 169 cm³/mol. The first-order valence-electron chi connectivity index (χ1n) is 15.9. The van der Waals surface area contributed by atoms with Gasteiger partial charge in [-0.2, -0.15) is 0 Å². The lowest BCUT2D eigenvalue weighted by molar-refractivity contribution is -0.253. The van der Waals surface area contributed by atoms with Crippen molar-refractivity contribution in [3.8, 4) is 11.1 Å². The molecular weight excluding hydrogens is 556 g/mol. The lowest BCUT2D eigenvalue weighted by atomic mass is 9.98. The maximum absolute atomic E-state index is 12.2. The zero-order valence-electron chi connectivity index (χ0n) is 25.3. The van der Waals surface area contributed by atoms with Gasteiger partial charge in [0.25, 0.3) is 0 Å². The van der Waals surface area contributed by atoms with Crippen molar-refractivity contribution in [2.24, 2.45) is 0 Å². The number of aliphatic carboxylic acids is 1. The highest BCUT2D eigenvalue weighted by Gasteiger charge is 2.33. The van der Waals surface area contributed by atoms with Gasteiger partial charge in [-0.1, -0.05) is 67.1 Å². The molecule has 2 aliphatic heterocycles. The Labute approximate surface area is 260 Å². The predicted octanol–water partition coefficient (Wildman–Crippen LogP) is 6.14. The van der Waals surface area contributed by atoms with Gasteiger partial charge in [0.2, 0.25) is 5.91 Å². The van der Waals surface area contributed by atoms with Crippen molar-refractivity contribution in [3.05, 3.63) is 95.1 Å². The van der Waals surface area contributed by atoms with Crippen LogP contribution in [0.15, 0.2) is 72.8 Å². The van der Waals surface area contributed by atoms with Gasteiger partial charge in [0, 0.05) is 37.9 Å². The molecule has 2 heterocycles. The molecule has 234 valence electrons. The van der Waals surface area contributed by atoms with E-state index in [0.717, 1.165) is 59.4 Å². The Morgan fingerprint density at radius 1 is 0.818 bits per heavy atom. The minimum Gasteiger partial charge on any atom is -0.481 e. The van der Waals surface area contributed by atoms with E-state index >= 15 is 0 Å². The van der Waals surface area contributed by atoms with Crippen molar-refractivity contribution in [1.82, 2.24) is 10.2 Å². The molecule has 0 aromatic heterocycles. The standard InChI is InChI=1S/C36H44N2O6/c39-25-26-14-16-28(17-15-26)33-22-32(24-38-18-4-1-5-19-38)43-36(44-33)31-11-7-10-30(21-31)29-9-6-8-27(20-29)23-37-34(40)12-2-3-13-35(41)42/h6-11,14-17,20-21,32-33,36,39H,1-5,12-13,18-19,22-25H2,(H,37,40)(H,41,42). The summed E-state index contributed by atoms with van der Waals surface area (Å²) in [6.45, 7) is 3.54. The molecule has 0 saturated carbocycles. The average molecular weight is 601 g/mol. The van der Waals surface area contributed by atoms with E-state index in [-0.39, 0.29) is 31.1 Å². The number of piperidine rings is 1. The van der Waals surface area contributed by atoms with E-state index in [2.05, 4.69) is 40.5 Å². The number of ether oxygens (including phenoxy) is 2. The maximum atomic E-state index is 12.2. The Balaban J connectivity index is 1.27. The molecule has 2 aliphatic rings. The fourth-order valence-corrected chi connectivity index (χ4v) is 6.04. The zero-order valence-corrected chi connectivity index (χ0v) is 25.3. The van der Waals surface area contributed by atoms with E-state index in [1.165, 1.54) is 19.3 Å². The highest BCUT2D eigenvalue weighted by atomic mass is 16.7. The van der Waals surface area contributed by atoms with Gasteiger partial charge < -0.3 is 29.9 Å². The first-order chi connectivity index (χ1) is 21.5. The third-order valence-corrected chi connectivity index (χ3v) is 8.48. The van der Waals surface area contributed by atoms with Crippen LogP contribution in [-0.2, 0) is 32.2 Å². The molecule has 3 unspecified atom stereocenters. The number of carboxylic acids is 1. The number of hydrogen-bond donors (Lipinski definition) is 3. The van der Waals surface area contributed by atoms with E-state index in [4.69, 9.17) is 14.6 Å². The summed E-state index contributed by atoms with van der Waals surface area (Å²) in [6, 6.07) is 24.4. The topological polar surface area (TPSA) is 108 Å². The largest absolute Gasteiger partial charge is 0.481 e. The minimum atomic E-state index is -0.835. The van der Waals surface area contributed by atoms with Gasteiger partial charge in [0.15, 0.2) is 6.29 Å². The maximum Gasteiger partial charge on any atom is 0.303 e. The molecule has 3 aromatic rings. The molecule has 2 saturated heterocycles. The number of carbonyl (C=O) groups excluding carboxylic acids is 1. The molecule has 3 atom stereocenters. The molecule has 8 heteroatoms. The Kier molecular flexibility index (Phi) is 11.5.